The van der Waals surface area contributed by atoms with Gasteiger partial charge in [-0.05, 0) is 88.8 Å². The normalized spacial score (nSPS) is 24.4. The van der Waals surface area contributed by atoms with Gasteiger partial charge in [-0.1, -0.05) is 12.1 Å². The van der Waals surface area contributed by atoms with Crippen LogP contribution in [0.2, 0.25) is 0 Å². The van der Waals surface area contributed by atoms with Crippen LogP contribution in [0.3, 0.4) is 0 Å². The lowest BCUT2D eigenvalue weighted by atomic mass is 9.97. The SMILES string of the molecule is C[C@@H]1CCC[C@H](C)N1C(=O)COC(=O)c1ccc(-c2nnnn2CC(=O)N2[C@H](C)CCC[C@@H]2C)cc1. The summed E-state index contributed by atoms with van der Waals surface area (Å²) >= 11 is 0. The minimum Gasteiger partial charge on any atom is -0.452 e. The van der Waals surface area contributed by atoms with Gasteiger partial charge in [-0.25, -0.2) is 9.48 Å². The number of benzene rings is 1. The molecule has 0 N–H and O–H groups in total. The van der Waals surface area contributed by atoms with Gasteiger partial charge in [-0.3, -0.25) is 9.59 Å². The predicted octanol–water partition coefficient (Wildman–Crippen LogP) is 3.08. The van der Waals surface area contributed by atoms with Crippen molar-refractivity contribution in [1.82, 2.24) is 30.0 Å². The van der Waals surface area contributed by atoms with E-state index in [2.05, 4.69) is 29.4 Å². The molecule has 194 valence electrons. The summed E-state index contributed by atoms with van der Waals surface area (Å²) in [6, 6.07) is 7.35. The van der Waals surface area contributed by atoms with E-state index < -0.39 is 5.97 Å². The van der Waals surface area contributed by atoms with Crippen molar-refractivity contribution in [2.24, 2.45) is 0 Å². The Bertz CT molecular complexity index is 1060. The van der Waals surface area contributed by atoms with Crippen LogP contribution in [0.15, 0.2) is 24.3 Å². The molecule has 0 spiro atoms. The summed E-state index contributed by atoms with van der Waals surface area (Å²) in [5.41, 5.74) is 1.01. The van der Waals surface area contributed by atoms with Gasteiger partial charge in [0, 0.05) is 29.7 Å². The molecule has 0 radical (unpaired) electrons. The molecule has 0 saturated carbocycles. The van der Waals surface area contributed by atoms with E-state index in [1.54, 1.807) is 24.3 Å². The zero-order chi connectivity index (χ0) is 25.8. The number of carbonyl (C=O) groups is 3. The molecule has 4 atom stereocenters. The third kappa shape index (κ3) is 5.57. The lowest BCUT2D eigenvalue weighted by Gasteiger charge is -2.39. The zero-order valence-electron chi connectivity index (χ0n) is 21.6. The summed E-state index contributed by atoms with van der Waals surface area (Å²) in [4.78, 5) is 42.0. The molecule has 2 fully saturated rings. The van der Waals surface area contributed by atoms with Crippen LogP contribution in [0.1, 0.15) is 76.6 Å². The summed E-state index contributed by atoms with van der Waals surface area (Å²) in [5.74, 6) is -0.287. The number of hydrogen-bond acceptors (Lipinski definition) is 7. The summed E-state index contributed by atoms with van der Waals surface area (Å²) in [7, 11) is 0. The second-order valence-corrected chi connectivity index (χ2v) is 10.2. The summed E-state index contributed by atoms with van der Waals surface area (Å²) in [5, 5.41) is 11.9. The number of amides is 2. The van der Waals surface area contributed by atoms with E-state index in [-0.39, 0.29) is 49.1 Å². The fourth-order valence-electron chi connectivity index (χ4n) is 5.59. The monoisotopic (exact) mass is 496 g/mol. The van der Waals surface area contributed by atoms with E-state index in [1.165, 1.54) is 4.68 Å². The number of rotatable bonds is 6. The Morgan fingerprint density at radius 2 is 1.36 bits per heavy atom. The first-order chi connectivity index (χ1) is 17.3. The highest BCUT2D eigenvalue weighted by atomic mass is 16.5. The van der Waals surface area contributed by atoms with Crippen molar-refractivity contribution in [3.05, 3.63) is 29.8 Å². The number of nitrogens with zero attached hydrogens (tertiary/aromatic N) is 6. The fourth-order valence-corrected chi connectivity index (χ4v) is 5.59. The zero-order valence-corrected chi connectivity index (χ0v) is 21.6. The number of carbonyl (C=O) groups excluding carboxylic acids is 3. The average Bonchev–Trinajstić information content (AvgIpc) is 3.30. The minimum absolute atomic E-state index is 0.00884. The Hall–Kier alpha value is -3.30. The van der Waals surface area contributed by atoms with Gasteiger partial charge in [0.2, 0.25) is 5.91 Å². The molecule has 4 rings (SSSR count). The van der Waals surface area contributed by atoms with Crippen LogP contribution in [0.4, 0.5) is 0 Å². The van der Waals surface area contributed by atoms with E-state index in [1.807, 2.05) is 23.6 Å². The van der Waals surface area contributed by atoms with Crippen molar-refractivity contribution in [2.75, 3.05) is 6.61 Å². The Kier molecular flexibility index (Phi) is 8.01. The van der Waals surface area contributed by atoms with Crippen LogP contribution < -0.4 is 0 Å². The molecule has 10 nitrogen and oxygen atoms in total. The Morgan fingerprint density at radius 1 is 0.833 bits per heavy atom. The highest BCUT2D eigenvalue weighted by Crippen LogP contribution is 2.24. The first-order valence-corrected chi connectivity index (χ1v) is 12.9. The first kappa shape index (κ1) is 25.8. The molecule has 2 saturated heterocycles. The van der Waals surface area contributed by atoms with Crippen LogP contribution in [0, 0.1) is 0 Å². The molecule has 10 heteroatoms. The Balaban J connectivity index is 1.37. The number of aromatic nitrogens is 4. The van der Waals surface area contributed by atoms with Crippen molar-refractivity contribution in [3.8, 4) is 11.4 Å². The van der Waals surface area contributed by atoms with Crippen LogP contribution in [-0.2, 0) is 20.9 Å². The molecule has 3 heterocycles. The molecular weight excluding hydrogens is 460 g/mol. The molecule has 2 amide bonds. The summed E-state index contributed by atoms with van der Waals surface area (Å²) in [6.07, 6.45) is 6.16. The molecule has 0 unspecified atom stereocenters. The van der Waals surface area contributed by atoms with Gasteiger partial charge in [0.15, 0.2) is 12.4 Å². The maximum absolute atomic E-state index is 13.0. The third-order valence-electron chi connectivity index (χ3n) is 7.49. The van der Waals surface area contributed by atoms with E-state index in [0.29, 0.717) is 17.0 Å². The molecule has 36 heavy (non-hydrogen) atoms. The first-order valence-electron chi connectivity index (χ1n) is 12.9. The van der Waals surface area contributed by atoms with Crippen molar-refractivity contribution in [1.29, 1.82) is 0 Å². The third-order valence-corrected chi connectivity index (χ3v) is 7.49. The van der Waals surface area contributed by atoms with Crippen molar-refractivity contribution in [2.45, 2.75) is 96.9 Å². The number of likely N-dealkylation sites (tertiary alicyclic amines) is 2. The second-order valence-electron chi connectivity index (χ2n) is 10.2. The Labute approximate surface area is 212 Å². The molecule has 2 aliphatic heterocycles. The quantitative estimate of drug-likeness (QED) is 0.565. The van der Waals surface area contributed by atoms with Crippen LogP contribution in [0.25, 0.3) is 11.4 Å². The van der Waals surface area contributed by atoms with Gasteiger partial charge < -0.3 is 14.5 Å². The van der Waals surface area contributed by atoms with Gasteiger partial charge >= 0.3 is 5.97 Å². The van der Waals surface area contributed by atoms with Crippen molar-refractivity contribution < 1.29 is 19.1 Å². The van der Waals surface area contributed by atoms with Gasteiger partial charge in [-0.2, -0.15) is 0 Å². The van der Waals surface area contributed by atoms with Crippen molar-refractivity contribution >= 4 is 17.8 Å². The highest BCUT2D eigenvalue weighted by molar-refractivity contribution is 5.91. The van der Waals surface area contributed by atoms with Gasteiger partial charge in [0.05, 0.1) is 5.56 Å². The highest BCUT2D eigenvalue weighted by Gasteiger charge is 2.31. The molecule has 0 bridgehead atoms. The maximum Gasteiger partial charge on any atom is 0.338 e. The standard InChI is InChI=1S/C26H36N6O4/c1-17-7-5-8-18(2)31(17)23(33)15-30-25(27-28-29-30)21-11-13-22(14-12-21)26(35)36-16-24(34)32-19(3)9-6-10-20(32)4/h11-14,17-20H,5-10,15-16H2,1-4H3/t17-,18+,19-,20+. The average molecular weight is 497 g/mol. The fraction of sp³-hybridized carbons (Fsp3) is 0.615. The topological polar surface area (TPSA) is 111 Å². The molecule has 1 aromatic carbocycles. The van der Waals surface area contributed by atoms with Crippen LogP contribution in [0.5, 0.6) is 0 Å². The molecule has 2 aliphatic rings. The number of piperidine rings is 2. The maximum atomic E-state index is 13.0. The van der Waals surface area contributed by atoms with E-state index in [0.717, 1.165) is 38.5 Å². The number of tetrazole rings is 1. The van der Waals surface area contributed by atoms with Crippen molar-refractivity contribution in [3.63, 3.8) is 0 Å². The van der Waals surface area contributed by atoms with Gasteiger partial charge in [0.25, 0.3) is 5.91 Å². The molecule has 1 aromatic heterocycles. The van der Waals surface area contributed by atoms with Crippen LogP contribution >= 0.6 is 0 Å². The second kappa shape index (κ2) is 11.2. The number of hydrogen-bond donors (Lipinski definition) is 0. The number of esters is 1. The molecule has 0 aliphatic carbocycles. The van der Waals surface area contributed by atoms with Gasteiger partial charge in [0.1, 0.15) is 6.54 Å². The largest absolute Gasteiger partial charge is 0.452 e. The van der Waals surface area contributed by atoms with E-state index in [4.69, 9.17) is 4.74 Å². The van der Waals surface area contributed by atoms with Gasteiger partial charge in [-0.15, -0.1) is 5.10 Å². The smallest absolute Gasteiger partial charge is 0.338 e. The van der Waals surface area contributed by atoms with Crippen LogP contribution in [-0.4, -0.2) is 78.6 Å². The Morgan fingerprint density at radius 3 is 1.92 bits per heavy atom. The molecular formula is C26H36N6O4. The van der Waals surface area contributed by atoms with E-state index in [9.17, 15) is 14.4 Å². The lowest BCUT2D eigenvalue weighted by molar-refractivity contribution is -0.140. The molecule has 2 aromatic rings. The number of ether oxygens (including phenoxy) is 1. The van der Waals surface area contributed by atoms with E-state index >= 15 is 0 Å². The lowest BCUT2D eigenvalue weighted by Crippen LogP contribution is -2.49. The predicted molar refractivity (Wildman–Crippen MR) is 133 cm³/mol. The minimum atomic E-state index is -0.560. The summed E-state index contributed by atoms with van der Waals surface area (Å²) < 4.78 is 6.80. The summed E-state index contributed by atoms with van der Waals surface area (Å²) in [6.45, 7) is 7.99.